The van der Waals surface area contributed by atoms with Crippen molar-refractivity contribution in [1.29, 1.82) is 0 Å². The molecule has 0 N–H and O–H groups in total. The summed E-state index contributed by atoms with van der Waals surface area (Å²) < 4.78 is 5.21. The lowest BCUT2D eigenvalue weighted by Crippen LogP contribution is -2.40. The van der Waals surface area contributed by atoms with E-state index in [1.807, 2.05) is 0 Å². The molecule has 0 atom stereocenters. The number of carbonyl (C=O) groups excluding carboxylic acids is 1. The summed E-state index contributed by atoms with van der Waals surface area (Å²) in [6, 6.07) is 5.45. The third kappa shape index (κ3) is 3.96. The van der Waals surface area contributed by atoms with Gasteiger partial charge in [-0.3, -0.25) is 10.1 Å². The summed E-state index contributed by atoms with van der Waals surface area (Å²) in [5.41, 5.74) is -0.0371. The first-order valence-corrected chi connectivity index (χ1v) is 6.75. The van der Waals surface area contributed by atoms with Crippen molar-refractivity contribution >= 4 is 11.8 Å². The zero-order valence-electron chi connectivity index (χ0n) is 11.5. The summed E-state index contributed by atoms with van der Waals surface area (Å²) in [5, 5.41) is 10.5. The third-order valence-corrected chi connectivity index (χ3v) is 3.53. The Kier molecular flexibility index (Phi) is 4.77. The van der Waals surface area contributed by atoms with Crippen LogP contribution in [0.25, 0.3) is 0 Å². The maximum Gasteiger partial charge on any atom is 0.415 e. The van der Waals surface area contributed by atoms with Crippen LogP contribution in [0.4, 0.5) is 10.5 Å². The highest BCUT2D eigenvalue weighted by Crippen LogP contribution is 2.22. The lowest BCUT2D eigenvalue weighted by molar-refractivity contribution is -0.384. The Bertz CT molecular complexity index is 554. The molecule has 0 saturated carbocycles. The average Bonchev–Trinajstić information content (AvgIpc) is 2.49. The van der Waals surface area contributed by atoms with Crippen LogP contribution >= 0.6 is 0 Å². The number of piperidine rings is 1. The van der Waals surface area contributed by atoms with E-state index in [0.717, 1.165) is 19.3 Å². The zero-order valence-corrected chi connectivity index (χ0v) is 11.5. The van der Waals surface area contributed by atoms with Crippen molar-refractivity contribution in [1.82, 2.24) is 4.90 Å². The highest BCUT2D eigenvalue weighted by atomic mass is 16.6. The van der Waals surface area contributed by atoms with Gasteiger partial charge in [-0.25, -0.2) is 4.79 Å². The van der Waals surface area contributed by atoms with Gasteiger partial charge in [0.1, 0.15) is 5.75 Å². The van der Waals surface area contributed by atoms with Gasteiger partial charge in [0.05, 0.1) is 4.92 Å². The number of nitrogens with zero attached hydrogens (tertiary/aromatic N) is 2. The van der Waals surface area contributed by atoms with E-state index in [9.17, 15) is 14.9 Å². The molecule has 0 aromatic heterocycles. The fourth-order valence-corrected chi connectivity index (χ4v) is 2.29. The number of nitro benzene ring substituents is 1. The maximum absolute atomic E-state index is 12.0. The number of nitro groups is 1. The third-order valence-electron chi connectivity index (χ3n) is 3.53. The Labute approximate surface area is 122 Å². The van der Waals surface area contributed by atoms with Crippen molar-refractivity contribution in [2.45, 2.75) is 19.3 Å². The topological polar surface area (TPSA) is 72.7 Å². The van der Waals surface area contributed by atoms with Gasteiger partial charge in [0.25, 0.3) is 5.69 Å². The molecule has 2 rings (SSSR count). The Morgan fingerprint density at radius 2 is 2.00 bits per heavy atom. The van der Waals surface area contributed by atoms with Crippen molar-refractivity contribution in [3.63, 3.8) is 0 Å². The summed E-state index contributed by atoms with van der Waals surface area (Å²) in [5.74, 6) is 3.42. The molecule has 6 heteroatoms. The number of rotatable bonds is 3. The number of benzene rings is 1. The van der Waals surface area contributed by atoms with Gasteiger partial charge in [0.15, 0.2) is 0 Å². The van der Waals surface area contributed by atoms with Gasteiger partial charge in [-0.05, 0) is 30.9 Å². The highest BCUT2D eigenvalue weighted by Gasteiger charge is 2.23. The number of non-ortho nitro benzene ring substituents is 1. The van der Waals surface area contributed by atoms with E-state index in [2.05, 4.69) is 5.92 Å². The molecule has 1 saturated heterocycles. The molecule has 1 aliphatic heterocycles. The molecule has 1 amide bonds. The number of hydrogen-bond acceptors (Lipinski definition) is 4. The second kappa shape index (κ2) is 6.75. The number of likely N-dealkylation sites (tertiary alicyclic amines) is 1. The monoisotopic (exact) mass is 288 g/mol. The molecule has 0 unspecified atom stereocenters. The fourth-order valence-electron chi connectivity index (χ4n) is 2.29. The molecule has 0 spiro atoms. The molecule has 1 aromatic rings. The number of terminal acetylenes is 1. The van der Waals surface area contributed by atoms with Gasteiger partial charge in [-0.2, -0.15) is 0 Å². The van der Waals surface area contributed by atoms with Crippen LogP contribution in [0, 0.1) is 28.4 Å². The van der Waals surface area contributed by atoms with Crippen molar-refractivity contribution in [2.75, 3.05) is 13.1 Å². The van der Waals surface area contributed by atoms with Crippen LogP contribution in [0.1, 0.15) is 19.3 Å². The summed E-state index contributed by atoms with van der Waals surface area (Å²) >= 11 is 0. The summed E-state index contributed by atoms with van der Waals surface area (Å²) in [4.78, 5) is 23.7. The second-order valence-electron chi connectivity index (χ2n) is 4.96. The van der Waals surface area contributed by atoms with Crippen LogP contribution in [0.2, 0.25) is 0 Å². The van der Waals surface area contributed by atoms with Gasteiger partial charge in [0.2, 0.25) is 0 Å². The second-order valence-corrected chi connectivity index (χ2v) is 4.96. The molecule has 1 aromatic carbocycles. The molecule has 6 nitrogen and oxygen atoms in total. The minimum atomic E-state index is -0.498. The van der Waals surface area contributed by atoms with Gasteiger partial charge >= 0.3 is 6.09 Å². The maximum atomic E-state index is 12.0. The Morgan fingerprint density at radius 3 is 2.52 bits per heavy atom. The van der Waals surface area contributed by atoms with Crippen molar-refractivity contribution < 1.29 is 14.5 Å². The first-order valence-electron chi connectivity index (χ1n) is 6.75. The van der Waals surface area contributed by atoms with Crippen LogP contribution in [0.3, 0.4) is 0 Å². The highest BCUT2D eigenvalue weighted by molar-refractivity contribution is 5.70. The van der Waals surface area contributed by atoms with E-state index >= 15 is 0 Å². The number of ether oxygens (including phenoxy) is 1. The van der Waals surface area contributed by atoms with E-state index < -0.39 is 11.0 Å². The van der Waals surface area contributed by atoms with E-state index in [1.54, 1.807) is 4.90 Å². The van der Waals surface area contributed by atoms with E-state index in [1.165, 1.54) is 24.3 Å². The molecule has 0 bridgehead atoms. The Morgan fingerprint density at radius 1 is 1.38 bits per heavy atom. The summed E-state index contributed by atoms with van der Waals surface area (Å²) in [6.45, 7) is 1.25. The summed E-state index contributed by atoms with van der Waals surface area (Å²) in [6.07, 6.45) is 7.35. The van der Waals surface area contributed by atoms with Crippen molar-refractivity contribution in [2.24, 2.45) is 5.92 Å². The molecule has 21 heavy (non-hydrogen) atoms. The Balaban J connectivity index is 1.87. The Hall–Kier alpha value is -2.55. The average molecular weight is 288 g/mol. The normalized spacial score (nSPS) is 15.3. The summed E-state index contributed by atoms with van der Waals surface area (Å²) in [7, 11) is 0. The molecule has 0 aliphatic carbocycles. The van der Waals surface area contributed by atoms with E-state index in [-0.39, 0.29) is 5.69 Å². The van der Waals surface area contributed by atoms with Crippen LogP contribution in [0.15, 0.2) is 24.3 Å². The molecular formula is C15H16N2O4. The van der Waals surface area contributed by atoms with Gasteiger partial charge in [-0.15, -0.1) is 12.3 Å². The predicted molar refractivity (Wildman–Crippen MR) is 76.9 cm³/mol. The molecule has 1 fully saturated rings. The number of hydrogen-bond donors (Lipinski definition) is 0. The fraction of sp³-hybridized carbons (Fsp3) is 0.400. The molecule has 110 valence electrons. The molecular weight excluding hydrogens is 272 g/mol. The quantitative estimate of drug-likeness (QED) is 0.487. The lowest BCUT2D eigenvalue weighted by Gasteiger charge is -2.30. The van der Waals surface area contributed by atoms with Gasteiger partial charge in [0, 0.05) is 31.6 Å². The predicted octanol–water partition coefficient (Wildman–Crippen LogP) is 2.83. The van der Waals surface area contributed by atoms with Crippen LogP contribution < -0.4 is 4.74 Å². The molecule has 0 radical (unpaired) electrons. The minimum absolute atomic E-state index is 0.0371. The SMILES string of the molecule is C#CCC1CCN(C(=O)Oc2ccc([N+](=O)[O-])cc2)CC1. The van der Waals surface area contributed by atoms with Crippen molar-refractivity contribution in [3.05, 3.63) is 34.4 Å². The largest absolute Gasteiger partial charge is 0.415 e. The van der Waals surface area contributed by atoms with Crippen LogP contribution in [0.5, 0.6) is 5.75 Å². The van der Waals surface area contributed by atoms with E-state index in [0.29, 0.717) is 24.8 Å². The lowest BCUT2D eigenvalue weighted by atomic mass is 9.94. The van der Waals surface area contributed by atoms with E-state index in [4.69, 9.17) is 11.2 Å². The molecule has 1 aliphatic rings. The van der Waals surface area contributed by atoms with Crippen molar-refractivity contribution in [3.8, 4) is 18.1 Å². The first kappa shape index (κ1) is 14.9. The standard InChI is InChI=1S/C15H16N2O4/c1-2-3-12-8-10-16(11-9-12)15(18)21-14-6-4-13(5-7-14)17(19)20/h1,4-7,12H,3,8-11H2. The zero-order chi connectivity index (χ0) is 15.2. The van der Waals surface area contributed by atoms with Crippen LogP contribution in [-0.2, 0) is 0 Å². The minimum Gasteiger partial charge on any atom is -0.410 e. The first-order chi connectivity index (χ1) is 10.1. The molecule has 1 heterocycles. The number of amides is 1. The van der Waals surface area contributed by atoms with Crippen LogP contribution in [-0.4, -0.2) is 29.0 Å². The smallest absolute Gasteiger partial charge is 0.410 e. The number of carbonyl (C=O) groups is 1. The van der Waals surface area contributed by atoms with Gasteiger partial charge < -0.3 is 9.64 Å². The van der Waals surface area contributed by atoms with Gasteiger partial charge in [-0.1, -0.05) is 0 Å².